The summed E-state index contributed by atoms with van der Waals surface area (Å²) in [5.41, 5.74) is 1.73. The largest absolute Gasteiger partial charge is 0.417 e. The van der Waals surface area contributed by atoms with Gasteiger partial charge in [-0.3, -0.25) is 9.78 Å². The average molecular weight is 424 g/mol. The number of hydrogen-bond acceptors (Lipinski definition) is 2. The molecule has 0 unspecified atom stereocenters. The van der Waals surface area contributed by atoms with Crippen molar-refractivity contribution in [2.45, 2.75) is 32.6 Å². The van der Waals surface area contributed by atoms with Crippen LogP contribution in [0.25, 0.3) is 5.57 Å². The lowest BCUT2D eigenvalue weighted by atomic mass is 10.0. The molecule has 1 aromatic heterocycles. The fourth-order valence-electron chi connectivity index (χ4n) is 3.19. The maximum atomic E-state index is 13.7. The van der Waals surface area contributed by atoms with Crippen molar-refractivity contribution in [2.75, 3.05) is 0 Å². The Kier molecular flexibility index (Phi) is 7.23. The van der Waals surface area contributed by atoms with Crippen molar-refractivity contribution in [3.8, 4) is 0 Å². The van der Waals surface area contributed by atoms with Gasteiger partial charge in [0.25, 0.3) is 0 Å². The molecule has 0 atom stereocenters. The lowest BCUT2D eigenvalue weighted by Crippen LogP contribution is -2.29. The van der Waals surface area contributed by atoms with E-state index in [1.165, 1.54) is 29.2 Å². The first kappa shape index (κ1) is 22.3. The summed E-state index contributed by atoms with van der Waals surface area (Å²) in [7, 11) is 0. The molecule has 0 fully saturated rings. The van der Waals surface area contributed by atoms with Crippen LogP contribution in [-0.4, -0.2) is 22.0 Å². The summed E-state index contributed by atoms with van der Waals surface area (Å²) in [6.07, 6.45) is 0.126. The highest BCUT2D eigenvalue weighted by Gasteiger charge is 2.35. The van der Waals surface area contributed by atoms with Crippen LogP contribution in [0.1, 0.15) is 29.2 Å². The topological polar surface area (TPSA) is 33.2 Å². The fourth-order valence-corrected chi connectivity index (χ4v) is 3.19. The number of nitrogens with zero attached hydrogens (tertiary/aromatic N) is 2. The molecular weight excluding hydrogens is 401 g/mol. The zero-order chi connectivity index (χ0) is 22.3. The van der Waals surface area contributed by atoms with Crippen molar-refractivity contribution < 1.29 is 18.0 Å². The Morgan fingerprint density at radius 1 is 0.903 bits per heavy atom. The van der Waals surface area contributed by atoms with Crippen LogP contribution in [0.5, 0.6) is 0 Å². The smallest absolute Gasteiger partial charge is 0.330 e. The summed E-state index contributed by atoms with van der Waals surface area (Å²) in [4.78, 5) is 18.5. The number of halogens is 3. The van der Waals surface area contributed by atoms with Gasteiger partial charge in [-0.25, -0.2) is 0 Å². The quantitative estimate of drug-likeness (QED) is 0.448. The molecule has 0 saturated carbocycles. The van der Waals surface area contributed by atoms with Crippen LogP contribution in [0, 0.1) is 0 Å². The fraction of sp³-hybridized carbons (Fsp3) is 0.200. The maximum absolute atomic E-state index is 13.7. The van der Waals surface area contributed by atoms with Crippen LogP contribution >= 0.6 is 0 Å². The predicted molar refractivity (Wildman–Crippen MR) is 115 cm³/mol. The summed E-state index contributed by atoms with van der Waals surface area (Å²) in [6.45, 7) is 2.38. The molecule has 0 aliphatic carbocycles. The summed E-state index contributed by atoms with van der Waals surface area (Å²) in [6, 6.07) is 18.6. The molecule has 3 aromatic rings. The van der Waals surface area contributed by atoms with Gasteiger partial charge in [0.2, 0.25) is 5.91 Å². The van der Waals surface area contributed by atoms with E-state index in [4.69, 9.17) is 0 Å². The summed E-state index contributed by atoms with van der Waals surface area (Å²) >= 11 is 0. The Hall–Kier alpha value is -3.41. The molecule has 3 nitrogen and oxygen atoms in total. The van der Waals surface area contributed by atoms with Crippen LogP contribution in [0.2, 0.25) is 0 Å². The summed E-state index contributed by atoms with van der Waals surface area (Å²) < 4.78 is 41.2. The number of alkyl halides is 3. The van der Waals surface area contributed by atoms with Crippen molar-refractivity contribution >= 4 is 11.5 Å². The number of carbonyl (C=O) groups is 1. The number of rotatable bonds is 7. The predicted octanol–water partition coefficient (Wildman–Crippen LogP) is 5.82. The van der Waals surface area contributed by atoms with Gasteiger partial charge in [-0.2, -0.15) is 13.2 Å². The number of pyridine rings is 1. The molecule has 2 aromatic carbocycles. The third-order valence-electron chi connectivity index (χ3n) is 4.87. The molecule has 0 radical (unpaired) electrons. The molecule has 0 aliphatic heterocycles. The Labute approximate surface area is 179 Å². The Bertz CT molecular complexity index is 1010. The van der Waals surface area contributed by atoms with E-state index in [9.17, 15) is 18.0 Å². The molecule has 1 heterocycles. The second-order valence-electron chi connectivity index (χ2n) is 7.15. The van der Waals surface area contributed by atoms with Crippen molar-refractivity contribution in [3.63, 3.8) is 0 Å². The number of hydrogen-bond donors (Lipinski definition) is 0. The number of benzene rings is 2. The minimum Gasteiger partial charge on any atom is -0.330 e. The molecule has 31 heavy (non-hydrogen) atoms. The molecule has 1 amide bonds. The van der Waals surface area contributed by atoms with Gasteiger partial charge in [0.1, 0.15) is 0 Å². The van der Waals surface area contributed by atoms with E-state index in [2.05, 4.69) is 4.98 Å². The number of amides is 1. The minimum atomic E-state index is -4.65. The lowest BCUT2D eigenvalue weighted by molar-refractivity contribution is -0.127. The van der Waals surface area contributed by atoms with Gasteiger partial charge in [-0.1, -0.05) is 67.6 Å². The monoisotopic (exact) mass is 424 g/mol. The average Bonchev–Trinajstić information content (AvgIpc) is 2.78. The molecule has 0 saturated heterocycles. The van der Waals surface area contributed by atoms with Gasteiger partial charge in [0.05, 0.1) is 5.57 Å². The van der Waals surface area contributed by atoms with E-state index in [1.54, 1.807) is 30.6 Å². The SMILES string of the molecule is CCc1ccc(CN(Cc2cccnc2)C(=O)/C=C(/c2ccccc2)C(F)(F)F)cc1. The molecule has 0 N–H and O–H groups in total. The third-order valence-corrected chi connectivity index (χ3v) is 4.87. The van der Waals surface area contributed by atoms with Gasteiger partial charge >= 0.3 is 6.18 Å². The van der Waals surface area contributed by atoms with Crippen molar-refractivity contribution in [3.05, 3.63) is 107 Å². The van der Waals surface area contributed by atoms with Crippen molar-refractivity contribution in [1.82, 2.24) is 9.88 Å². The minimum absolute atomic E-state index is 0.0445. The van der Waals surface area contributed by atoms with Crippen LogP contribution in [0.15, 0.2) is 85.2 Å². The van der Waals surface area contributed by atoms with Gasteiger partial charge in [-0.15, -0.1) is 0 Å². The standard InChI is InChI=1S/C25H23F3N2O/c1-2-19-10-12-20(13-11-19)17-30(18-21-7-6-14-29-16-21)24(31)15-23(25(26,27)28)22-8-4-3-5-9-22/h3-16H,2,17-18H2,1H3/b23-15-. The Morgan fingerprint density at radius 3 is 2.13 bits per heavy atom. The van der Waals surface area contributed by atoms with E-state index >= 15 is 0 Å². The highest BCUT2D eigenvalue weighted by Crippen LogP contribution is 2.34. The summed E-state index contributed by atoms with van der Waals surface area (Å²) in [5, 5.41) is 0. The van der Waals surface area contributed by atoms with Gasteiger partial charge in [-0.05, 0) is 34.7 Å². The first-order chi connectivity index (χ1) is 14.9. The number of aromatic nitrogens is 1. The number of aryl methyl sites for hydroxylation is 1. The lowest BCUT2D eigenvalue weighted by Gasteiger charge is -2.23. The third kappa shape index (κ3) is 6.28. The molecule has 6 heteroatoms. The van der Waals surface area contributed by atoms with E-state index in [1.807, 2.05) is 31.2 Å². The molecule has 0 aliphatic rings. The number of allylic oxidation sites excluding steroid dienone is 1. The highest BCUT2D eigenvalue weighted by atomic mass is 19.4. The van der Waals surface area contributed by atoms with Crippen LogP contribution in [-0.2, 0) is 24.3 Å². The zero-order valence-corrected chi connectivity index (χ0v) is 17.1. The van der Waals surface area contributed by atoms with Crippen LogP contribution in [0.3, 0.4) is 0 Å². The van der Waals surface area contributed by atoms with E-state index < -0.39 is 17.7 Å². The molecular formula is C25H23F3N2O. The maximum Gasteiger partial charge on any atom is 0.417 e. The number of carbonyl (C=O) groups excluding carboxylic acids is 1. The second-order valence-corrected chi connectivity index (χ2v) is 7.15. The zero-order valence-electron chi connectivity index (χ0n) is 17.1. The van der Waals surface area contributed by atoms with Gasteiger partial charge < -0.3 is 4.90 Å². The second kappa shape index (κ2) is 10.1. The highest BCUT2D eigenvalue weighted by molar-refractivity contribution is 5.96. The van der Waals surface area contributed by atoms with Gasteiger partial charge in [0.15, 0.2) is 0 Å². The van der Waals surface area contributed by atoms with E-state index in [0.29, 0.717) is 6.08 Å². The first-order valence-electron chi connectivity index (χ1n) is 9.96. The summed E-state index contributed by atoms with van der Waals surface area (Å²) in [5.74, 6) is -0.709. The molecule has 0 spiro atoms. The van der Waals surface area contributed by atoms with E-state index in [0.717, 1.165) is 23.1 Å². The first-order valence-corrected chi connectivity index (χ1v) is 9.96. The van der Waals surface area contributed by atoms with Crippen LogP contribution in [0.4, 0.5) is 13.2 Å². The van der Waals surface area contributed by atoms with Crippen LogP contribution < -0.4 is 0 Å². The van der Waals surface area contributed by atoms with Gasteiger partial charge in [0, 0.05) is 31.6 Å². The normalized spacial score (nSPS) is 11.9. The molecule has 3 rings (SSSR count). The molecule has 160 valence electrons. The molecule has 0 bridgehead atoms. The van der Waals surface area contributed by atoms with Crippen molar-refractivity contribution in [2.24, 2.45) is 0 Å². The van der Waals surface area contributed by atoms with E-state index in [-0.39, 0.29) is 18.7 Å². The Morgan fingerprint density at radius 2 is 1.55 bits per heavy atom. The Balaban J connectivity index is 1.94. The van der Waals surface area contributed by atoms with Crippen molar-refractivity contribution in [1.29, 1.82) is 0 Å².